The number of carbonyl (C=O) groups excluding carboxylic acids is 1. The summed E-state index contributed by atoms with van der Waals surface area (Å²) < 4.78 is 6.49. The molecule has 2 fully saturated rings. The van der Waals surface area contributed by atoms with Crippen LogP contribution < -0.4 is 4.90 Å². The molecule has 246 valence electrons. The van der Waals surface area contributed by atoms with Crippen molar-refractivity contribution in [3.8, 4) is 0 Å². The molecule has 11 heteroatoms. The number of hydrogen-bond donors (Lipinski definition) is 0. The number of thiazole rings is 1. The van der Waals surface area contributed by atoms with Crippen LogP contribution in [0, 0.1) is 0 Å². The van der Waals surface area contributed by atoms with Gasteiger partial charge >= 0.3 is 0 Å². The number of aromatic nitrogens is 1. The fraction of sp³-hybridized carbons (Fsp3) is 0.371. The molecule has 0 radical (unpaired) electrons. The number of carbonyl (C=O) groups is 1. The van der Waals surface area contributed by atoms with Gasteiger partial charge in [-0.2, -0.15) is 0 Å². The number of anilines is 1. The van der Waals surface area contributed by atoms with Crippen LogP contribution in [0.15, 0.2) is 84.2 Å². The standard InChI is InChI=1S/C35H38Cl2N4O2S.2ClH/c1-39(2)33-38-31(24-44-33)34(27-11-7-4-8-12-27)15-18-40(19-16-34)20-17-35(28-13-14-29(36)30(37)21-28)25-41(32(42)23-43-35)22-26-9-5-3-6-10-26;;/h3-14,21,24H,15-20,22-23,25H2,1-2H3;2*1H. The highest BCUT2D eigenvalue weighted by atomic mass is 35.5. The second-order valence-electron chi connectivity index (χ2n) is 12.1. The van der Waals surface area contributed by atoms with Crippen LogP contribution in [0.25, 0.3) is 0 Å². The summed E-state index contributed by atoms with van der Waals surface area (Å²) in [6, 6.07) is 26.7. The van der Waals surface area contributed by atoms with E-state index < -0.39 is 5.60 Å². The van der Waals surface area contributed by atoms with Gasteiger partial charge in [-0.1, -0.05) is 89.9 Å². The Balaban J connectivity index is 0.00000240. The van der Waals surface area contributed by atoms with Crippen molar-refractivity contribution in [2.75, 3.05) is 51.8 Å². The SMILES string of the molecule is CN(C)c1nc(C2(c3ccccc3)CCN(CCC3(c4ccc(Cl)c(Cl)c4)CN(Cc4ccccc4)C(=O)CO3)CC2)cs1.Cl.Cl. The summed E-state index contributed by atoms with van der Waals surface area (Å²) in [7, 11) is 4.10. The first-order valence-corrected chi connectivity index (χ1v) is 16.7. The second kappa shape index (κ2) is 15.7. The average Bonchev–Trinajstić information content (AvgIpc) is 3.56. The molecule has 0 saturated carbocycles. The summed E-state index contributed by atoms with van der Waals surface area (Å²) in [4.78, 5) is 24.7. The third-order valence-electron chi connectivity index (χ3n) is 9.17. The Kier molecular flexibility index (Phi) is 12.4. The molecule has 2 aliphatic rings. The van der Waals surface area contributed by atoms with E-state index in [0.29, 0.717) is 23.1 Å². The summed E-state index contributed by atoms with van der Waals surface area (Å²) in [6.45, 7) is 3.73. The van der Waals surface area contributed by atoms with Gasteiger partial charge in [-0.3, -0.25) is 4.79 Å². The summed E-state index contributed by atoms with van der Waals surface area (Å²) in [5.74, 6) is -0.00416. The van der Waals surface area contributed by atoms with Crippen molar-refractivity contribution in [3.05, 3.63) is 117 Å². The molecule has 46 heavy (non-hydrogen) atoms. The zero-order valence-corrected chi connectivity index (χ0v) is 30.0. The molecule has 6 nitrogen and oxygen atoms in total. The normalized spacial score (nSPS) is 19.7. The van der Waals surface area contributed by atoms with Crippen molar-refractivity contribution >= 4 is 70.4 Å². The molecule has 1 aromatic heterocycles. The summed E-state index contributed by atoms with van der Waals surface area (Å²) >= 11 is 14.5. The summed E-state index contributed by atoms with van der Waals surface area (Å²) in [6.07, 6.45) is 2.68. The number of amides is 1. The Morgan fingerprint density at radius 1 is 0.913 bits per heavy atom. The molecule has 0 aliphatic carbocycles. The number of benzene rings is 3. The first-order chi connectivity index (χ1) is 21.3. The van der Waals surface area contributed by atoms with Crippen LogP contribution >= 0.6 is 59.4 Å². The molecule has 3 heterocycles. The highest BCUT2D eigenvalue weighted by Crippen LogP contribution is 2.44. The van der Waals surface area contributed by atoms with E-state index in [4.69, 9.17) is 32.9 Å². The highest BCUT2D eigenvalue weighted by Gasteiger charge is 2.44. The monoisotopic (exact) mass is 720 g/mol. The maximum absolute atomic E-state index is 13.1. The van der Waals surface area contributed by atoms with E-state index >= 15 is 0 Å². The van der Waals surface area contributed by atoms with Gasteiger partial charge in [0, 0.05) is 38.0 Å². The molecule has 1 amide bonds. The van der Waals surface area contributed by atoms with Crippen LogP contribution in [-0.2, 0) is 27.1 Å². The Labute approximate surface area is 298 Å². The van der Waals surface area contributed by atoms with Gasteiger partial charge in [0.05, 0.1) is 22.3 Å². The molecule has 4 aromatic rings. The number of likely N-dealkylation sites (tertiary alicyclic amines) is 1. The molecule has 0 spiro atoms. The van der Waals surface area contributed by atoms with Crippen LogP contribution in [-0.4, -0.2) is 67.6 Å². The number of piperidine rings is 1. The first-order valence-electron chi connectivity index (χ1n) is 15.1. The molecule has 0 bridgehead atoms. The van der Waals surface area contributed by atoms with Gasteiger partial charge in [0.25, 0.3) is 0 Å². The van der Waals surface area contributed by atoms with E-state index in [1.165, 1.54) is 5.56 Å². The maximum atomic E-state index is 13.1. The van der Waals surface area contributed by atoms with Crippen LogP contribution in [0.1, 0.15) is 41.6 Å². The largest absolute Gasteiger partial charge is 0.359 e. The Morgan fingerprint density at radius 3 is 2.22 bits per heavy atom. The van der Waals surface area contributed by atoms with E-state index in [2.05, 4.69) is 57.6 Å². The molecule has 2 saturated heterocycles. The quantitative estimate of drug-likeness (QED) is 0.175. The lowest BCUT2D eigenvalue weighted by atomic mass is 9.70. The van der Waals surface area contributed by atoms with E-state index in [1.54, 1.807) is 11.3 Å². The van der Waals surface area contributed by atoms with Gasteiger partial charge < -0.3 is 19.4 Å². The second-order valence-corrected chi connectivity index (χ2v) is 13.7. The Bertz CT molecular complexity index is 1580. The van der Waals surface area contributed by atoms with Gasteiger partial charge in [-0.05, 0) is 61.2 Å². The lowest BCUT2D eigenvalue weighted by Gasteiger charge is -2.45. The molecular formula is C35H40Cl4N4O2S. The van der Waals surface area contributed by atoms with Crippen molar-refractivity contribution in [1.29, 1.82) is 0 Å². The van der Waals surface area contributed by atoms with Gasteiger partial charge in [-0.25, -0.2) is 4.98 Å². The van der Waals surface area contributed by atoms with Gasteiger partial charge in [0.15, 0.2) is 5.13 Å². The fourth-order valence-corrected chi connectivity index (χ4v) is 7.72. The molecule has 1 atom stereocenters. The number of halogens is 4. The highest BCUT2D eigenvalue weighted by molar-refractivity contribution is 7.13. The van der Waals surface area contributed by atoms with Crippen molar-refractivity contribution in [1.82, 2.24) is 14.8 Å². The van der Waals surface area contributed by atoms with Crippen LogP contribution in [0.2, 0.25) is 10.0 Å². The summed E-state index contributed by atoms with van der Waals surface area (Å²) in [5, 5.41) is 4.27. The van der Waals surface area contributed by atoms with E-state index in [0.717, 1.165) is 60.8 Å². The molecule has 6 rings (SSSR count). The number of rotatable bonds is 9. The zero-order chi connectivity index (χ0) is 30.7. The lowest BCUT2D eigenvalue weighted by Crippen LogP contribution is -2.54. The predicted molar refractivity (Wildman–Crippen MR) is 194 cm³/mol. The van der Waals surface area contributed by atoms with Crippen LogP contribution in [0.4, 0.5) is 5.13 Å². The van der Waals surface area contributed by atoms with Crippen molar-refractivity contribution in [2.45, 2.75) is 36.8 Å². The topological polar surface area (TPSA) is 48.9 Å². The van der Waals surface area contributed by atoms with Gasteiger partial charge in [0.1, 0.15) is 12.2 Å². The average molecular weight is 723 g/mol. The zero-order valence-electron chi connectivity index (χ0n) is 26.0. The molecule has 1 unspecified atom stereocenters. The van der Waals surface area contributed by atoms with Crippen molar-refractivity contribution in [3.63, 3.8) is 0 Å². The van der Waals surface area contributed by atoms with Crippen molar-refractivity contribution in [2.24, 2.45) is 0 Å². The molecule has 2 aliphatic heterocycles. The van der Waals surface area contributed by atoms with E-state index in [9.17, 15) is 4.79 Å². The van der Waals surface area contributed by atoms with E-state index in [-0.39, 0.29) is 42.7 Å². The smallest absolute Gasteiger partial charge is 0.249 e. The Morgan fingerprint density at radius 2 is 1.59 bits per heavy atom. The Hall–Kier alpha value is -2.36. The minimum absolute atomic E-state index is 0. The number of nitrogens with zero attached hydrogens (tertiary/aromatic N) is 4. The minimum atomic E-state index is -0.694. The van der Waals surface area contributed by atoms with Crippen LogP contribution in [0.5, 0.6) is 0 Å². The van der Waals surface area contributed by atoms with Gasteiger partial charge in [0.2, 0.25) is 5.91 Å². The van der Waals surface area contributed by atoms with Crippen LogP contribution in [0.3, 0.4) is 0 Å². The number of ether oxygens (including phenoxy) is 1. The summed E-state index contributed by atoms with van der Waals surface area (Å²) in [5.41, 5.74) is 3.72. The molecular weight excluding hydrogens is 682 g/mol. The third kappa shape index (κ3) is 7.68. The number of morpholine rings is 1. The molecule has 3 aromatic carbocycles. The van der Waals surface area contributed by atoms with Crippen molar-refractivity contribution < 1.29 is 9.53 Å². The maximum Gasteiger partial charge on any atom is 0.249 e. The minimum Gasteiger partial charge on any atom is -0.359 e. The number of hydrogen-bond acceptors (Lipinski definition) is 6. The first kappa shape index (κ1) is 36.5. The van der Waals surface area contributed by atoms with E-state index in [1.807, 2.05) is 55.4 Å². The fourth-order valence-electron chi connectivity index (χ4n) is 6.57. The molecule has 0 N–H and O–H groups in total. The lowest BCUT2D eigenvalue weighted by molar-refractivity contribution is -0.169. The predicted octanol–water partition coefficient (Wildman–Crippen LogP) is 8.09. The van der Waals surface area contributed by atoms with Gasteiger partial charge in [-0.15, -0.1) is 36.2 Å². The third-order valence-corrected chi connectivity index (χ3v) is 10.9.